The van der Waals surface area contributed by atoms with E-state index in [1.54, 1.807) is 18.2 Å². The summed E-state index contributed by atoms with van der Waals surface area (Å²) < 4.78 is 25.7. The molecule has 0 spiro atoms. The molecule has 2 aromatic rings. The van der Waals surface area contributed by atoms with E-state index in [1.165, 1.54) is 24.3 Å². The molecule has 0 saturated heterocycles. The van der Waals surface area contributed by atoms with Gasteiger partial charge in [-0.3, -0.25) is 0 Å². The lowest BCUT2D eigenvalue weighted by atomic mass is 10.0. The van der Waals surface area contributed by atoms with Crippen LogP contribution in [0.2, 0.25) is 0 Å². The third kappa shape index (κ3) is 3.27. The number of hydrogen-bond donors (Lipinski definition) is 0. The zero-order valence-electron chi connectivity index (χ0n) is 9.04. The summed E-state index contributed by atoms with van der Waals surface area (Å²) in [4.78, 5) is 0. The molecule has 0 N–H and O–H groups in total. The largest absolute Gasteiger partial charge is 0.207 e. The number of benzene rings is 2. The van der Waals surface area contributed by atoms with Gasteiger partial charge < -0.3 is 0 Å². The summed E-state index contributed by atoms with van der Waals surface area (Å²) in [5, 5.41) is -0.280. The Morgan fingerprint density at radius 1 is 0.941 bits per heavy atom. The lowest BCUT2D eigenvalue weighted by Gasteiger charge is -2.09. The molecule has 88 valence electrons. The molecule has 0 radical (unpaired) electrons. The van der Waals surface area contributed by atoms with Crippen LogP contribution in [0.15, 0.2) is 48.5 Å². The van der Waals surface area contributed by atoms with Gasteiger partial charge in [-0.15, -0.1) is 11.6 Å². The Kier molecular flexibility index (Phi) is 3.75. The van der Waals surface area contributed by atoms with Crippen LogP contribution < -0.4 is 0 Å². The van der Waals surface area contributed by atoms with Crippen molar-refractivity contribution in [1.29, 1.82) is 0 Å². The molecule has 0 aliphatic carbocycles. The summed E-state index contributed by atoms with van der Waals surface area (Å²) in [6, 6.07) is 12.4. The van der Waals surface area contributed by atoms with Crippen LogP contribution in [0.4, 0.5) is 8.78 Å². The van der Waals surface area contributed by atoms with Gasteiger partial charge in [-0.1, -0.05) is 24.3 Å². The highest BCUT2D eigenvalue weighted by atomic mass is 35.5. The topological polar surface area (TPSA) is 0 Å². The van der Waals surface area contributed by atoms with Crippen molar-refractivity contribution < 1.29 is 8.78 Å². The highest BCUT2D eigenvalue weighted by Gasteiger charge is 2.09. The first kappa shape index (κ1) is 12.1. The van der Waals surface area contributed by atoms with Gasteiger partial charge in [0.25, 0.3) is 0 Å². The molecule has 0 saturated carbocycles. The van der Waals surface area contributed by atoms with Crippen LogP contribution in [0.5, 0.6) is 0 Å². The molecule has 0 amide bonds. The maximum atomic E-state index is 13.0. The quantitative estimate of drug-likeness (QED) is 0.706. The van der Waals surface area contributed by atoms with Crippen LogP contribution in [0.25, 0.3) is 0 Å². The minimum atomic E-state index is -0.289. The molecule has 0 aliphatic rings. The normalized spacial score (nSPS) is 12.4. The Morgan fingerprint density at radius 2 is 1.65 bits per heavy atom. The molecular formula is C14H11ClF2. The summed E-state index contributed by atoms with van der Waals surface area (Å²) in [5.41, 5.74) is 1.66. The smallest absolute Gasteiger partial charge is 0.123 e. The third-order valence-corrected chi connectivity index (χ3v) is 2.94. The van der Waals surface area contributed by atoms with Gasteiger partial charge in [0.05, 0.1) is 5.38 Å². The van der Waals surface area contributed by atoms with E-state index in [4.69, 9.17) is 11.6 Å². The van der Waals surface area contributed by atoms with E-state index in [1.807, 2.05) is 6.07 Å². The first-order chi connectivity index (χ1) is 8.15. The van der Waals surface area contributed by atoms with Crippen molar-refractivity contribution in [2.24, 2.45) is 0 Å². The van der Waals surface area contributed by atoms with Crippen molar-refractivity contribution in [3.63, 3.8) is 0 Å². The highest BCUT2D eigenvalue weighted by Crippen LogP contribution is 2.25. The zero-order chi connectivity index (χ0) is 12.3. The van der Waals surface area contributed by atoms with E-state index >= 15 is 0 Å². The second-order valence-electron chi connectivity index (χ2n) is 3.85. The summed E-state index contributed by atoms with van der Waals surface area (Å²) >= 11 is 6.20. The molecular weight excluding hydrogens is 242 g/mol. The minimum Gasteiger partial charge on any atom is -0.207 e. The molecule has 0 nitrogen and oxygen atoms in total. The molecule has 17 heavy (non-hydrogen) atoms. The van der Waals surface area contributed by atoms with Crippen LogP contribution >= 0.6 is 11.6 Å². The lowest BCUT2D eigenvalue weighted by molar-refractivity contribution is 0.624. The molecule has 0 aromatic heterocycles. The monoisotopic (exact) mass is 252 g/mol. The maximum Gasteiger partial charge on any atom is 0.123 e. The third-order valence-electron chi connectivity index (χ3n) is 2.54. The number of halogens is 3. The van der Waals surface area contributed by atoms with E-state index in [0.29, 0.717) is 6.42 Å². The van der Waals surface area contributed by atoms with Gasteiger partial charge in [0.15, 0.2) is 0 Å². The summed E-state index contributed by atoms with van der Waals surface area (Å²) in [7, 11) is 0. The molecule has 1 atom stereocenters. The van der Waals surface area contributed by atoms with Gasteiger partial charge in [0, 0.05) is 0 Å². The summed E-state index contributed by atoms with van der Waals surface area (Å²) in [5.74, 6) is -0.561. The molecule has 2 rings (SSSR count). The van der Waals surface area contributed by atoms with Gasteiger partial charge in [0.1, 0.15) is 11.6 Å². The molecule has 3 heteroatoms. The van der Waals surface area contributed by atoms with Crippen molar-refractivity contribution in [3.8, 4) is 0 Å². The Morgan fingerprint density at radius 3 is 2.29 bits per heavy atom. The van der Waals surface area contributed by atoms with Crippen LogP contribution in [-0.2, 0) is 6.42 Å². The van der Waals surface area contributed by atoms with Crippen molar-refractivity contribution in [2.75, 3.05) is 0 Å². The molecule has 0 heterocycles. The zero-order valence-corrected chi connectivity index (χ0v) is 9.79. The van der Waals surface area contributed by atoms with Gasteiger partial charge in [-0.2, -0.15) is 0 Å². The Labute approximate surface area is 104 Å². The Hall–Kier alpha value is -1.41. The fourth-order valence-electron chi connectivity index (χ4n) is 1.66. The minimum absolute atomic E-state index is 0.273. The van der Waals surface area contributed by atoms with E-state index in [0.717, 1.165) is 11.1 Å². The predicted molar refractivity (Wildman–Crippen MR) is 65.1 cm³/mol. The molecule has 0 fully saturated rings. The first-order valence-corrected chi connectivity index (χ1v) is 5.73. The summed E-state index contributed by atoms with van der Waals surface area (Å²) in [6.45, 7) is 0. The highest BCUT2D eigenvalue weighted by molar-refractivity contribution is 6.20. The van der Waals surface area contributed by atoms with Crippen molar-refractivity contribution >= 4 is 11.6 Å². The van der Waals surface area contributed by atoms with Gasteiger partial charge in [-0.05, 0) is 41.8 Å². The molecule has 0 bridgehead atoms. The maximum absolute atomic E-state index is 13.0. The fourth-order valence-corrected chi connectivity index (χ4v) is 1.98. The molecule has 2 aromatic carbocycles. The van der Waals surface area contributed by atoms with E-state index in [2.05, 4.69) is 0 Å². The Balaban J connectivity index is 2.11. The molecule has 1 unspecified atom stereocenters. The van der Waals surface area contributed by atoms with E-state index in [-0.39, 0.29) is 17.0 Å². The van der Waals surface area contributed by atoms with E-state index < -0.39 is 0 Å². The SMILES string of the molecule is Fc1ccc(C(Cl)Cc2cccc(F)c2)cc1. The standard InChI is InChI=1S/C14H11ClF2/c15-14(11-4-6-12(16)7-5-11)9-10-2-1-3-13(17)8-10/h1-8,14H,9H2. The van der Waals surface area contributed by atoms with Crippen molar-refractivity contribution in [3.05, 3.63) is 71.3 Å². The van der Waals surface area contributed by atoms with Crippen molar-refractivity contribution in [2.45, 2.75) is 11.8 Å². The van der Waals surface area contributed by atoms with Gasteiger partial charge >= 0.3 is 0 Å². The average molecular weight is 253 g/mol. The predicted octanol–water partition coefficient (Wildman–Crippen LogP) is 4.49. The van der Waals surface area contributed by atoms with Crippen LogP contribution in [0.1, 0.15) is 16.5 Å². The van der Waals surface area contributed by atoms with Crippen molar-refractivity contribution in [1.82, 2.24) is 0 Å². The van der Waals surface area contributed by atoms with Crippen LogP contribution in [0.3, 0.4) is 0 Å². The van der Waals surface area contributed by atoms with Gasteiger partial charge in [-0.25, -0.2) is 8.78 Å². The average Bonchev–Trinajstić information content (AvgIpc) is 2.29. The van der Waals surface area contributed by atoms with E-state index in [9.17, 15) is 8.78 Å². The Bertz CT molecular complexity index is 494. The van der Waals surface area contributed by atoms with Crippen LogP contribution in [0, 0.1) is 11.6 Å². The van der Waals surface area contributed by atoms with Gasteiger partial charge in [0.2, 0.25) is 0 Å². The number of rotatable bonds is 3. The lowest BCUT2D eigenvalue weighted by Crippen LogP contribution is -1.96. The molecule has 0 aliphatic heterocycles. The summed E-state index contributed by atoms with van der Waals surface area (Å²) in [6.07, 6.45) is 0.519. The second kappa shape index (κ2) is 5.28. The fraction of sp³-hybridized carbons (Fsp3) is 0.143. The number of hydrogen-bond acceptors (Lipinski definition) is 0. The number of alkyl halides is 1. The first-order valence-electron chi connectivity index (χ1n) is 5.29. The van der Waals surface area contributed by atoms with Crippen LogP contribution in [-0.4, -0.2) is 0 Å². The second-order valence-corrected chi connectivity index (χ2v) is 4.38.